The summed E-state index contributed by atoms with van der Waals surface area (Å²) in [5, 5.41) is 0. The molecule has 0 saturated heterocycles. The maximum absolute atomic E-state index is 13.9. The Morgan fingerprint density at radius 1 is 0.594 bits per heavy atom. The quantitative estimate of drug-likeness (QED) is 0.0730. The molecule has 0 fully saturated rings. The molecule has 0 bridgehead atoms. The molecule has 0 aliphatic carbocycles. The molecule has 1 atom stereocenters. The molecule has 1 unspecified atom stereocenters. The normalized spacial score (nSPS) is 12.7. The van der Waals surface area contributed by atoms with Gasteiger partial charge in [-0.2, -0.15) is 0 Å². The minimum Gasteiger partial charge on any atom is -0.330 e. The number of halogens is 5. The molecule has 0 spiro atoms. The van der Waals surface area contributed by atoms with E-state index in [1.54, 1.807) is 0 Å². The SMILES string of the molecule is CCCCCCCCCC(CCCc1c(F)c(F)c(F)c(F)c1F)OC(OCC)OCC. The molecule has 186 valence electrons. The highest BCUT2D eigenvalue weighted by atomic mass is 19.2. The van der Waals surface area contributed by atoms with Crippen molar-refractivity contribution in [3.05, 3.63) is 34.6 Å². The van der Waals surface area contributed by atoms with Gasteiger partial charge in [0.15, 0.2) is 23.3 Å². The van der Waals surface area contributed by atoms with Crippen molar-refractivity contribution in [1.82, 2.24) is 0 Å². The highest BCUT2D eigenvalue weighted by Crippen LogP contribution is 2.25. The molecule has 0 N–H and O–H groups in total. The fraction of sp³-hybridized carbons (Fsp3) is 0.750. The van der Waals surface area contributed by atoms with Crippen molar-refractivity contribution >= 4 is 0 Å². The van der Waals surface area contributed by atoms with E-state index in [-0.39, 0.29) is 18.9 Å². The van der Waals surface area contributed by atoms with Crippen molar-refractivity contribution in [2.24, 2.45) is 0 Å². The van der Waals surface area contributed by atoms with E-state index in [0.29, 0.717) is 26.1 Å². The van der Waals surface area contributed by atoms with Crippen molar-refractivity contribution in [2.45, 2.75) is 104 Å². The van der Waals surface area contributed by atoms with Gasteiger partial charge in [-0.25, -0.2) is 22.0 Å². The van der Waals surface area contributed by atoms with Crippen molar-refractivity contribution < 1.29 is 36.2 Å². The van der Waals surface area contributed by atoms with Gasteiger partial charge in [-0.15, -0.1) is 0 Å². The average Bonchev–Trinajstić information content (AvgIpc) is 2.78. The molecule has 32 heavy (non-hydrogen) atoms. The summed E-state index contributed by atoms with van der Waals surface area (Å²) in [5.74, 6) is -9.51. The maximum atomic E-state index is 13.9. The Morgan fingerprint density at radius 3 is 1.59 bits per heavy atom. The van der Waals surface area contributed by atoms with Gasteiger partial charge in [0.05, 0.1) is 6.10 Å². The van der Waals surface area contributed by atoms with Crippen LogP contribution in [-0.4, -0.2) is 25.8 Å². The molecule has 0 amide bonds. The zero-order valence-electron chi connectivity index (χ0n) is 19.5. The van der Waals surface area contributed by atoms with Crippen LogP contribution in [0.4, 0.5) is 22.0 Å². The van der Waals surface area contributed by atoms with Gasteiger partial charge in [0, 0.05) is 18.8 Å². The molecule has 0 heterocycles. The first-order valence-corrected chi connectivity index (χ1v) is 11.8. The Labute approximate surface area is 188 Å². The van der Waals surface area contributed by atoms with E-state index in [1.165, 1.54) is 25.7 Å². The van der Waals surface area contributed by atoms with Crippen LogP contribution in [0.25, 0.3) is 0 Å². The molecule has 0 aliphatic rings. The second-order valence-electron chi connectivity index (χ2n) is 7.81. The summed E-state index contributed by atoms with van der Waals surface area (Å²) in [4.78, 5) is 0. The van der Waals surface area contributed by atoms with E-state index in [4.69, 9.17) is 14.2 Å². The van der Waals surface area contributed by atoms with Gasteiger partial charge in [-0.3, -0.25) is 0 Å². The average molecular weight is 469 g/mol. The second-order valence-corrected chi connectivity index (χ2v) is 7.81. The fourth-order valence-electron chi connectivity index (χ4n) is 3.54. The lowest BCUT2D eigenvalue weighted by molar-refractivity contribution is -0.302. The lowest BCUT2D eigenvalue weighted by Gasteiger charge is -2.24. The van der Waals surface area contributed by atoms with Crippen LogP contribution in [0.15, 0.2) is 0 Å². The predicted molar refractivity (Wildman–Crippen MR) is 114 cm³/mol. The fourth-order valence-corrected chi connectivity index (χ4v) is 3.54. The van der Waals surface area contributed by atoms with Crippen LogP contribution in [-0.2, 0) is 20.6 Å². The predicted octanol–water partition coefficient (Wildman–Crippen LogP) is 7.59. The van der Waals surface area contributed by atoms with Crippen LogP contribution >= 0.6 is 0 Å². The monoisotopic (exact) mass is 468 g/mol. The molecule has 0 aliphatic heterocycles. The van der Waals surface area contributed by atoms with Crippen LogP contribution < -0.4 is 0 Å². The number of hydrogen-bond donors (Lipinski definition) is 0. The topological polar surface area (TPSA) is 27.7 Å². The number of benzene rings is 1. The number of hydrogen-bond acceptors (Lipinski definition) is 3. The highest BCUT2D eigenvalue weighted by Gasteiger charge is 2.25. The van der Waals surface area contributed by atoms with Crippen LogP contribution in [0.5, 0.6) is 0 Å². The molecule has 0 radical (unpaired) electrons. The summed E-state index contributed by atoms with van der Waals surface area (Å²) in [6.45, 7) is 5.71. The maximum Gasteiger partial charge on any atom is 0.271 e. The lowest BCUT2D eigenvalue weighted by Crippen LogP contribution is -2.28. The molecule has 0 saturated carbocycles. The van der Waals surface area contributed by atoms with E-state index in [9.17, 15) is 22.0 Å². The minimum atomic E-state index is -2.14. The Morgan fingerprint density at radius 2 is 1.06 bits per heavy atom. The summed E-state index contributed by atoms with van der Waals surface area (Å²) < 4.78 is 84.7. The van der Waals surface area contributed by atoms with Crippen LogP contribution in [0.3, 0.4) is 0 Å². The Bertz CT molecular complexity index is 622. The van der Waals surface area contributed by atoms with Crippen molar-refractivity contribution in [3.8, 4) is 0 Å². The number of ether oxygens (including phenoxy) is 3. The van der Waals surface area contributed by atoms with Crippen molar-refractivity contribution in [1.29, 1.82) is 0 Å². The molecular weight excluding hydrogens is 431 g/mol. The third-order valence-electron chi connectivity index (χ3n) is 5.29. The third kappa shape index (κ3) is 9.71. The summed E-state index contributed by atoms with van der Waals surface area (Å²) in [6, 6.07) is 0. The minimum absolute atomic E-state index is 0.199. The zero-order valence-corrected chi connectivity index (χ0v) is 19.5. The lowest BCUT2D eigenvalue weighted by atomic mass is 10.0. The van der Waals surface area contributed by atoms with Gasteiger partial charge in [-0.1, -0.05) is 51.9 Å². The van der Waals surface area contributed by atoms with Crippen molar-refractivity contribution in [2.75, 3.05) is 13.2 Å². The van der Waals surface area contributed by atoms with E-state index in [1.807, 2.05) is 13.8 Å². The summed E-state index contributed by atoms with van der Waals surface area (Å²) >= 11 is 0. The van der Waals surface area contributed by atoms with Gasteiger partial charge in [0.2, 0.25) is 5.82 Å². The van der Waals surface area contributed by atoms with Crippen LogP contribution in [0, 0.1) is 29.1 Å². The smallest absolute Gasteiger partial charge is 0.271 e. The molecular formula is C24H37F5O3. The van der Waals surface area contributed by atoms with E-state index < -0.39 is 41.1 Å². The van der Waals surface area contributed by atoms with E-state index in [0.717, 1.165) is 19.3 Å². The van der Waals surface area contributed by atoms with Gasteiger partial charge in [0.1, 0.15) is 0 Å². The van der Waals surface area contributed by atoms with Gasteiger partial charge >= 0.3 is 0 Å². The Balaban J connectivity index is 2.68. The summed E-state index contributed by atoms with van der Waals surface area (Å²) in [5.41, 5.74) is -0.790. The number of rotatable bonds is 18. The Hall–Kier alpha value is -1.25. The first-order valence-electron chi connectivity index (χ1n) is 11.8. The van der Waals surface area contributed by atoms with Crippen LogP contribution in [0.2, 0.25) is 0 Å². The third-order valence-corrected chi connectivity index (χ3v) is 5.29. The van der Waals surface area contributed by atoms with E-state index in [2.05, 4.69) is 6.92 Å². The molecule has 8 heteroatoms. The first kappa shape index (κ1) is 28.8. The molecule has 0 aromatic heterocycles. The van der Waals surface area contributed by atoms with Gasteiger partial charge < -0.3 is 14.2 Å². The zero-order chi connectivity index (χ0) is 23.9. The number of unbranched alkanes of at least 4 members (excludes halogenated alkanes) is 6. The van der Waals surface area contributed by atoms with Crippen molar-refractivity contribution in [3.63, 3.8) is 0 Å². The summed E-state index contributed by atoms with van der Waals surface area (Å²) in [7, 11) is 0. The van der Waals surface area contributed by atoms with Gasteiger partial charge in [0.25, 0.3) is 6.48 Å². The second kappa shape index (κ2) is 16.4. The Kier molecular flexibility index (Phi) is 14.7. The van der Waals surface area contributed by atoms with E-state index >= 15 is 0 Å². The molecule has 1 aromatic carbocycles. The molecule has 1 aromatic rings. The first-order chi connectivity index (χ1) is 15.4. The molecule has 3 nitrogen and oxygen atoms in total. The summed E-state index contributed by atoms with van der Waals surface area (Å²) in [6.07, 6.45) is 8.57. The molecule has 1 rings (SSSR count). The van der Waals surface area contributed by atoms with Crippen LogP contribution in [0.1, 0.15) is 90.5 Å². The highest BCUT2D eigenvalue weighted by molar-refractivity contribution is 5.24. The standard InChI is InChI=1S/C24H37F5O3/c1-4-7-8-9-10-11-12-14-17(32-24(30-5-2)31-6-3)15-13-16-18-19(25)21(27)23(29)22(28)20(18)26/h17,24H,4-16H2,1-3H3. The largest absolute Gasteiger partial charge is 0.330 e. The van der Waals surface area contributed by atoms with Gasteiger partial charge in [-0.05, 0) is 39.5 Å².